The van der Waals surface area contributed by atoms with Crippen LogP contribution in [-0.4, -0.2) is 43.3 Å². The van der Waals surface area contributed by atoms with Crippen molar-refractivity contribution in [3.05, 3.63) is 52.9 Å². The molecule has 4 N–H and O–H groups in total. The second kappa shape index (κ2) is 10.7. The number of carbonyl (C=O) groups is 4. The van der Waals surface area contributed by atoms with Crippen molar-refractivity contribution in [3.63, 3.8) is 0 Å². The van der Waals surface area contributed by atoms with Crippen LogP contribution in [0.25, 0.3) is 0 Å². The molecule has 1 aromatic carbocycles. The number of carbonyl (C=O) groups excluding carboxylic acids is 4. The van der Waals surface area contributed by atoms with Crippen molar-refractivity contribution >= 4 is 35.2 Å². The lowest BCUT2D eigenvalue weighted by atomic mass is 10.2. The number of nitrogens with one attached hydrogen (secondary N) is 4. The maximum atomic E-state index is 11.7. The standard InChI is InChI=1S/C18H19ClN4O6/c1-11-7-12(4-5-13(11)19)29-10-17(26)23-22-16(25)9-20-15(24)8-21-18(27)14-3-2-6-28-14/h2-7H,8-10H2,1H3,(H,20,24)(H,21,27)(H,22,25)(H,23,26). The summed E-state index contributed by atoms with van der Waals surface area (Å²) in [6.07, 6.45) is 1.33. The van der Waals surface area contributed by atoms with Crippen LogP contribution in [0.15, 0.2) is 41.0 Å². The van der Waals surface area contributed by atoms with Crippen molar-refractivity contribution in [3.8, 4) is 5.75 Å². The van der Waals surface area contributed by atoms with Crippen LogP contribution in [0, 0.1) is 6.92 Å². The molecule has 0 fully saturated rings. The predicted octanol–water partition coefficient (Wildman–Crippen LogP) is 0.314. The number of amides is 4. The maximum Gasteiger partial charge on any atom is 0.287 e. The molecule has 2 rings (SSSR count). The van der Waals surface area contributed by atoms with Crippen LogP contribution in [-0.2, 0) is 14.4 Å². The van der Waals surface area contributed by atoms with Crippen molar-refractivity contribution in [2.75, 3.05) is 19.7 Å². The first kappa shape index (κ1) is 21.8. The van der Waals surface area contributed by atoms with Gasteiger partial charge < -0.3 is 19.8 Å². The number of hydrogen-bond donors (Lipinski definition) is 4. The number of rotatable bonds is 8. The summed E-state index contributed by atoms with van der Waals surface area (Å²) < 4.78 is 10.2. The van der Waals surface area contributed by atoms with E-state index in [1.807, 2.05) is 0 Å². The van der Waals surface area contributed by atoms with E-state index in [4.69, 9.17) is 20.8 Å². The fourth-order valence-corrected chi connectivity index (χ4v) is 2.09. The zero-order chi connectivity index (χ0) is 21.2. The summed E-state index contributed by atoms with van der Waals surface area (Å²) in [5.74, 6) is -1.88. The second-order valence-electron chi connectivity index (χ2n) is 5.73. The molecule has 0 unspecified atom stereocenters. The first-order valence-electron chi connectivity index (χ1n) is 8.40. The van der Waals surface area contributed by atoms with E-state index >= 15 is 0 Å². The van der Waals surface area contributed by atoms with Gasteiger partial charge in [-0.3, -0.25) is 30.0 Å². The summed E-state index contributed by atoms with van der Waals surface area (Å²) in [5, 5.41) is 5.19. The van der Waals surface area contributed by atoms with E-state index in [0.29, 0.717) is 10.8 Å². The summed E-state index contributed by atoms with van der Waals surface area (Å²) in [5.41, 5.74) is 5.07. The van der Waals surface area contributed by atoms with E-state index in [0.717, 1.165) is 5.56 Å². The number of benzene rings is 1. The lowest BCUT2D eigenvalue weighted by Gasteiger charge is -2.10. The van der Waals surface area contributed by atoms with Gasteiger partial charge in [0.1, 0.15) is 5.75 Å². The summed E-state index contributed by atoms with van der Waals surface area (Å²) in [7, 11) is 0. The molecule has 0 aliphatic heterocycles. The average Bonchev–Trinajstić information content (AvgIpc) is 3.24. The van der Waals surface area contributed by atoms with Gasteiger partial charge in [0, 0.05) is 5.02 Å². The number of ether oxygens (including phenoxy) is 1. The fraction of sp³-hybridized carbons (Fsp3) is 0.222. The molecule has 0 radical (unpaired) electrons. The summed E-state index contributed by atoms with van der Waals surface area (Å²) in [6.45, 7) is 0.735. The van der Waals surface area contributed by atoms with Crippen molar-refractivity contribution in [2.45, 2.75) is 6.92 Å². The molecule has 0 spiro atoms. The van der Waals surface area contributed by atoms with E-state index in [9.17, 15) is 19.2 Å². The van der Waals surface area contributed by atoms with E-state index in [1.54, 1.807) is 25.1 Å². The normalized spacial score (nSPS) is 10.0. The third-order valence-electron chi connectivity index (χ3n) is 3.44. The first-order chi connectivity index (χ1) is 13.8. The molecule has 1 aromatic heterocycles. The zero-order valence-electron chi connectivity index (χ0n) is 15.4. The predicted molar refractivity (Wildman–Crippen MR) is 102 cm³/mol. The molecule has 0 aliphatic carbocycles. The molecule has 0 bridgehead atoms. The van der Waals surface area contributed by atoms with E-state index in [2.05, 4.69) is 21.5 Å². The van der Waals surface area contributed by atoms with E-state index in [1.165, 1.54) is 18.4 Å². The van der Waals surface area contributed by atoms with Gasteiger partial charge in [0.15, 0.2) is 12.4 Å². The molecule has 154 valence electrons. The molecule has 0 saturated carbocycles. The van der Waals surface area contributed by atoms with Gasteiger partial charge in [0.05, 0.1) is 19.4 Å². The second-order valence-corrected chi connectivity index (χ2v) is 6.14. The van der Waals surface area contributed by atoms with Gasteiger partial charge in [-0.15, -0.1) is 0 Å². The van der Waals surface area contributed by atoms with Gasteiger partial charge >= 0.3 is 0 Å². The Hall–Kier alpha value is -3.53. The largest absolute Gasteiger partial charge is 0.484 e. The number of hydrazine groups is 1. The first-order valence-corrected chi connectivity index (χ1v) is 8.78. The number of aryl methyl sites for hydroxylation is 1. The third kappa shape index (κ3) is 7.54. The molecule has 2 aromatic rings. The van der Waals surface area contributed by atoms with Gasteiger partial charge in [-0.05, 0) is 42.8 Å². The highest BCUT2D eigenvalue weighted by molar-refractivity contribution is 6.31. The smallest absolute Gasteiger partial charge is 0.287 e. The van der Waals surface area contributed by atoms with Crippen LogP contribution >= 0.6 is 11.6 Å². The van der Waals surface area contributed by atoms with Gasteiger partial charge in [-0.25, -0.2) is 0 Å². The molecule has 0 atom stereocenters. The quantitative estimate of drug-likeness (QED) is 0.452. The van der Waals surface area contributed by atoms with E-state index < -0.39 is 30.2 Å². The summed E-state index contributed by atoms with van der Waals surface area (Å²) in [4.78, 5) is 46.5. The lowest BCUT2D eigenvalue weighted by Crippen LogP contribution is -2.48. The topological polar surface area (TPSA) is 139 Å². The van der Waals surface area contributed by atoms with Crippen LogP contribution in [0.4, 0.5) is 0 Å². The number of hydrogen-bond acceptors (Lipinski definition) is 6. The Bertz CT molecular complexity index is 884. The van der Waals surface area contributed by atoms with Crippen molar-refractivity contribution in [1.29, 1.82) is 0 Å². The highest BCUT2D eigenvalue weighted by Crippen LogP contribution is 2.20. The molecule has 11 heteroatoms. The molecule has 1 heterocycles. The van der Waals surface area contributed by atoms with Crippen LogP contribution in [0.5, 0.6) is 5.75 Å². The van der Waals surface area contributed by atoms with Gasteiger partial charge in [0.2, 0.25) is 5.91 Å². The molecule has 0 aliphatic rings. The zero-order valence-corrected chi connectivity index (χ0v) is 16.2. The summed E-state index contributed by atoms with van der Waals surface area (Å²) in [6, 6.07) is 7.91. The SMILES string of the molecule is Cc1cc(OCC(=O)NNC(=O)CNC(=O)CNC(=O)c2ccco2)ccc1Cl. The molecule has 0 saturated heterocycles. The minimum atomic E-state index is -0.661. The third-order valence-corrected chi connectivity index (χ3v) is 3.87. The Morgan fingerprint density at radius 3 is 2.41 bits per heavy atom. The van der Waals surface area contributed by atoms with Crippen molar-refractivity contribution < 1.29 is 28.3 Å². The Kier molecular flexibility index (Phi) is 8.04. The van der Waals surface area contributed by atoms with E-state index in [-0.39, 0.29) is 18.9 Å². The van der Waals surface area contributed by atoms with Gasteiger partial charge in [0.25, 0.3) is 17.7 Å². The highest BCUT2D eigenvalue weighted by atomic mass is 35.5. The minimum absolute atomic E-state index is 0.0641. The molecule has 29 heavy (non-hydrogen) atoms. The van der Waals surface area contributed by atoms with Crippen molar-refractivity contribution in [1.82, 2.24) is 21.5 Å². The monoisotopic (exact) mass is 422 g/mol. The Morgan fingerprint density at radius 1 is 1.00 bits per heavy atom. The molecule has 4 amide bonds. The molecular weight excluding hydrogens is 404 g/mol. The van der Waals surface area contributed by atoms with Crippen LogP contribution in [0.2, 0.25) is 5.02 Å². The van der Waals surface area contributed by atoms with Gasteiger partial charge in [-0.2, -0.15) is 0 Å². The minimum Gasteiger partial charge on any atom is -0.484 e. The van der Waals surface area contributed by atoms with Crippen LogP contribution in [0.3, 0.4) is 0 Å². The highest BCUT2D eigenvalue weighted by Gasteiger charge is 2.11. The average molecular weight is 423 g/mol. The Morgan fingerprint density at radius 2 is 1.72 bits per heavy atom. The number of halogens is 1. The molecular formula is C18H19ClN4O6. The van der Waals surface area contributed by atoms with Crippen molar-refractivity contribution in [2.24, 2.45) is 0 Å². The Labute approximate surface area is 170 Å². The van der Waals surface area contributed by atoms with Crippen LogP contribution in [0.1, 0.15) is 16.1 Å². The van der Waals surface area contributed by atoms with Gasteiger partial charge in [-0.1, -0.05) is 11.6 Å². The fourth-order valence-electron chi connectivity index (χ4n) is 1.97. The number of furan rings is 1. The summed E-state index contributed by atoms with van der Waals surface area (Å²) >= 11 is 5.90. The Balaban J connectivity index is 1.59. The molecule has 10 nitrogen and oxygen atoms in total. The maximum absolute atomic E-state index is 11.7. The lowest BCUT2D eigenvalue weighted by molar-refractivity contribution is -0.130. The van der Waals surface area contributed by atoms with Crippen LogP contribution < -0.4 is 26.2 Å².